The summed E-state index contributed by atoms with van der Waals surface area (Å²) in [5.74, 6) is 0.763. The highest BCUT2D eigenvalue weighted by Crippen LogP contribution is 2.24. The maximum Gasteiger partial charge on any atom is 0.0661 e. The van der Waals surface area contributed by atoms with Crippen LogP contribution in [-0.4, -0.2) is 20.3 Å². The summed E-state index contributed by atoms with van der Waals surface area (Å²) in [6, 6.07) is 9.19. The van der Waals surface area contributed by atoms with Crippen molar-refractivity contribution in [2.75, 3.05) is 20.3 Å². The monoisotopic (exact) mass is 291 g/mol. The van der Waals surface area contributed by atoms with E-state index in [0.717, 1.165) is 25.6 Å². The topological polar surface area (TPSA) is 21.3 Å². The largest absolute Gasteiger partial charge is 0.379 e. The third kappa shape index (κ3) is 6.62. The molecule has 120 valence electrons. The average molecular weight is 291 g/mol. The highest BCUT2D eigenvalue weighted by Gasteiger charge is 2.15. The Bertz CT molecular complexity index is 389. The minimum atomic E-state index is 0.209. The first-order chi connectivity index (χ1) is 9.84. The van der Waals surface area contributed by atoms with Gasteiger partial charge >= 0.3 is 0 Å². The van der Waals surface area contributed by atoms with E-state index in [1.807, 2.05) is 7.05 Å². The van der Waals surface area contributed by atoms with E-state index in [1.54, 1.807) is 0 Å². The van der Waals surface area contributed by atoms with Gasteiger partial charge in [-0.3, -0.25) is 0 Å². The third-order valence-electron chi connectivity index (χ3n) is 3.88. The molecule has 0 fully saturated rings. The van der Waals surface area contributed by atoms with E-state index in [4.69, 9.17) is 4.74 Å². The highest BCUT2D eigenvalue weighted by molar-refractivity contribution is 5.29. The van der Waals surface area contributed by atoms with E-state index in [9.17, 15) is 0 Å². The maximum atomic E-state index is 5.83. The molecule has 1 aromatic carbocycles. The Balaban J connectivity index is 2.48. The van der Waals surface area contributed by atoms with Crippen LogP contribution in [0.4, 0.5) is 0 Å². The summed E-state index contributed by atoms with van der Waals surface area (Å²) in [5, 5.41) is 3.35. The lowest BCUT2D eigenvalue weighted by molar-refractivity contribution is 0.108. The van der Waals surface area contributed by atoms with Crippen LogP contribution in [0.1, 0.15) is 64.6 Å². The summed E-state index contributed by atoms with van der Waals surface area (Å²) in [4.78, 5) is 0. The van der Waals surface area contributed by atoms with Gasteiger partial charge in [-0.25, -0.2) is 0 Å². The van der Waals surface area contributed by atoms with Crippen molar-refractivity contribution in [2.24, 2.45) is 5.92 Å². The molecule has 0 aliphatic heterocycles. The number of ether oxygens (including phenoxy) is 1. The zero-order chi connectivity index (χ0) is 15.9. The van der Waals surface area contributed by atoms with Crippen molar-refractivity contribution >= 4 is 0 Å². The Morgan fingerprint density at radius 1 is 1.10 bits per heavy atom. The van der Waals surface area contributed by atoms with Gasteiger partial charge in [-0.1, -0.05) is 58.9 Å². The molecule has 0 spiro atoms. The molecule has 0 aliphatic rings. The first-order valence-corrected chi connectivity index (χ1v) is 8.20. The molecule has 0 aliphatic carbocycles. The summed E-state index contributed by atoms with van der Waals surface area (Å²) in [7, 11) is 2.00. The second kappa shape index (κ2) is 8.55. The smallest absolute Gasteiger partial charge is 0.0661 e. The molecule has 2 heteroatoms. The molecule has 1 unspecified atom stereocenters. The first kappa shape index (κ1) is 18.2. The van der Waals surface area contributed by atoms with E-state index in [0.29, 0.717) is 0 Å². The van der Waals surface area contributed by atoms with E-state index in [1.165, 1.54) is 17.5 Å². The molecule has 2 nitrogen and oxygen atoms in total. The summed E-state index contributed by atoms with van der Waals surface area (Å²) >= 11 is 0. The molecule has 0 amide bonds. The summed E-state index contributed by atoms with van der Waals surface area (Å²) in [6.45, 7) is 12.8. The fourth-order valence-electron chi connectivity index (χ4n) is 2.36. The van der Waals surface area contributed by atoms with Crippen molar-refractivity contribution in [3.05, 3.63) is 35.4 Å². The molecule has 0 aromatic heterocycles. The molecule has 1 rings (SSSR count). The van der Waals surface area contributed by atoms with Gasteiger partial charge in [0.15, 0.2) is 0 Å². The molecular formula is C19H33NO. The molecule has 0 saturated carbocycles. The van der Waals surface area contributed by atoms with Gasteiger partial charge in [0.1, 0.15) is 0 Å². The number of nitrogens with one attached hydrogen (secondary N) is 1. The van der Waals surface area contributed by atoms with Crippen molar-refractivity contribution in [3.63, 3.8) is 0 Å². The quantitative estimate of drug-likeness (QED) is 0.701. The molecule has 0 heterocycles. The lowest BCUT2D eigenvalue weighted by Gasteiger charge is -2.21. The Morgan fingerprint density at radius 3 is 2.19 bits per heavy atom. The van der Waals surface area contributed by atoms with Crippen molar-refractivity contribution in [3.8, 4) is 0 Å². The van der Waals surface area contributed by atoms with Crippen molar-refractivity contribution in [1.29, 1.82) is 0 Å². The maximum absolute atomic E-state index is 5.83. The molecule has 0 radical (unpaired) electrons. The van der Waals surface area contributed by atoms with Crippen molar-refractivity contribution in [1.82, 2.24) is 5.32 Å². The zero-order valence-corrected chi connectivity index (χ0v) is 14.7. The zero-order valence-electron chi connectivity index (χ0n) is 14.7. The van der Waals surface area contributed by atoms with Crippen LogP contribution in [0.3, 0.4) is 0 Å². The molecule has 1 N–H and O–H groups in total. The van der Waals surface area contributed by atoms with Gasteiger partial charge in [0.25, 0.3) is 0 Å². The second-order valence-electron chi connectivity index (χ2n) is 7.32. The number of benzene rings is 1. The van der Waals surface area contributed by atoms with Crippen LogP contribution in [-0.2, 0) is 10.2 Å². The summed E-state index contributed by atoms with van der Waals surface area (Å²) < 4.78 is 5.83. The van der Waals surface area contributed by atoms with Crippen LogP contribution in [0.5, 0.6) is 0 Å². The lowest BCUT2D eigenvalue weighted by Crippen LogP contribution is -2.22. The van der Waals surface area contributed by atoms with Crippen LogP contribution >= 0.6 is 0 Å². The normalized spacial score (nSPS) is 13.7. The van der Waals surface area contributed by atoms with Crippen molar-refractivity contribution < 1.29 is 4.74 Å². The number of hydrogen-bond donors (Lipinski definition) is 1. The van der Waals surface area contributed by atoms with Gasteiger partial charge in [0.2, 0.25) is 0 Å². The summed E-state index contributed by atoms with van der Waals surface area (Å²) in [5.41, 5.74) is 2.88. The summed E-state index contributed by atoms with van der Waals surface area (Å²) in [6.07, 6.45) is 2.39. The SMILES string of the molecule is CNC(COCCCC(C)C)c1ccc(C(C)(C)C)cc1. The minimum Gasteiger partial charge on any atom is -0.379 e. The molecule has 0 bridgehead atoms. The predicted octanol–water partition coefficient (Wildman–Crippen LogP) is 4.70. The van der Waals surface area contributed by atoms with E-state index >= 15 is 0 Å². The predicted molar refractivity (Wildman–Crippen MR) is 91.8 cm³/mol. The van der Waals surface area contributed by atoms with E-state index in [-0.39, 0.29) is 11.5 Å². The molecule has 1 aromatic rings. The standard InChI is InChI=1S/C19H33NO/c1-15(2)8-7-13-21-14-18(20-6)16-9-11-17(12-10-16)19(3,4)5/h9-12,15,18,20H,7-8,13-14H2,1-6H3. The van der Waals surface area contributed by atoms with Crippen LogP contribution < -0.4 is 5.32 Å². The third-order valence-corrected chi connectivity index (χ3v) is 3.88. The highest BCUT2D eigenvalue weighted by atomic mass is 16.5. The van der Waals surface area contributed by atoms with Crippen LogP contribution in [0.2, 0.25) is 0 Å². The van der Waals surface area contributed by atoms with E-state index < -0.39 is 0 Å². The molecule has 0 saturated heterocycles. The first-order valence-electron chi connectivity index (χ1n) is 8.20. The Labute approximate surface area is 131 Å². The Hall–Kier alpha value is -0.860. The fourth-order valence-corrected chi connectivity index (χ4v) is 2.36. The molecular weight excluding hydrogens is 258 g/mol. The van der Waals surface area contributed by atoms with Crippen molar-refractivity contribution in [2.45, 2.75) is 58.9 Å². The van der Waals surface area contributed by atoms with Gasteiger partial charge < -0.3 is 10.1 Å². The molecule has 1 atom stereocenters. The van der Waals surface area contributed by atoms with Gasteiger partial charge in [0.05, 0.1) is 12.6 Å². The minimum absolute atomic E-state index is 0.209. The second-order valence-corrected chi connectivity index (χ2v) is 7.32. The van der Waals surface area contributed by atoms with Crippen LogP contribution in [0.25, 0.3) is 0 Å². The average Bonchev–Trinajstić information content (AvgIpc) is 2.42. The van der Waals surface area contributed by atoms with E-state index in [2.05, 4.69) is 64.2 Å². The van der Waals surface area contributed by atoms with Gasteiger partial charge in [-0.05, 0) is 42.3 Å². The number of likely N-dealkylation sites (N-methyl/N-ethyl adjacent to an activating group) is 1. The van der Waals surface area contributed by atoms with Crippen LogP contribution in [0, 0.1) is 5.92 Å². The van der Waals surface area contributed by atoms with Gasteiger partial charge in [0, 0.05) is 6.61 Å². The molecule has 21 heavy (non-hydrogen) atoms. The number of rotatable bonds is 8. The lowest BCUT2D eigenvalue weighted by atomic mass is 9.86. The van der Waals surface area contributed by atoms with Gasteiger partial charge in [-0.15, -0.1) is 0 Å². The van der Waals surface area contributed by atoms with Gasteiger partial charge in [-0.2, -0.15) is 0 Å². The number of hydrogen-bond acceptors (Lipinski definition) is 2. The fraction of sp³-hybridized carbons (Fsp3) is 0.684. The Kier molecular flexibility index (Phi) is 7.41. The van der Waals surface area contributed by atoms with Crippen LogP contribution in [0.15, 0.2) is 24.3 Å². The Morgan fingerprint density at radius 2 is 1.71 bits per heavy atom.